The predicted molar refractivity (Wildman–Crippen MR) is 74.6 cm³/mol. The van der Waals surface area contributed by atoms with Gasteiger partial charge < -0.3 is 10.2 Å². The van der Waals surface area contributed by atoms with Crippen molar-refractivity contribution in [2.75, 3.05) is 25.0 Å². The highest BCUT2D eigenvalue weighted by Crippen LogP contribution is 2.34. The molecule has 1 aromatic carbocycles. The molecular formula is C15H21FN2O. The van der Waals surface area contributed by atoms with Crippen molar-refractivity contribution in [2.45, 2.75) is 26.2 Å². The maximum Gasteiger partial charge on any atom is 0.234 e. The van der Waals surface area contributed by atoms with Gasteiger partial charge in [0.05, 0.1) is 5.41 Å². The largest absolute Gasteiger partial charge is 0.316 e. The number of hydrogen-bond acceptors (Lipinski definition) is 2. The number of nitrogens with zero attached hydrogens (tertiary/aromatic N) is 1. The summed E-state index contributed by atoms with van der Waals surface area (Å²) in [4.78, 5) is 14.3. The summed E-state index contributed by atoms with van der Waals surface area (Å²) >= 11 is 0. The van der Waals surface area contributed by atoms with Gasteiger partial charge in [0.1, 0.15) is 5.82 Å². The first-order valence-electron chi connectivity index (χ1n) is 6.83. The maximum absolute atomic E-state index is 13.3. The van der Waals surface area contributed by atoms with Gasteiger partial charge in [-0.05, 0) is 37.6 Å². The minimum absolute atomic E-state index is 0.0879. The second-order valence-corrected chi connectivity index (χ2v) is 5.30. The van der Waals surface area contributed by atoms with E-state index in [1.807, 2.05) is 0 Å². The van der Waals surface area contributed by atoms with Gasteiger partial charge in [-0.15, -0.1) is 0 Å². The summed E-state index contributed by atoms with van der Waals surface area (Å²) in [5.41, 5.74) is 0.294. The van der Waals surface area contributed by atoms with Crippen LogP contribution in [0.15, 0.2) is 24.3 Å². The van der Waals surface area contributed by atoms with E-state index < -0.39 is 0 Å². The van der Waals surface area contributed by atoms with Gasteiger partial charge >= 0.3 is 0 Å². The first kappa shape index (κ1) is 14.0. The van der Waals surface area contributed by atoms with Crippen LogP contribution in [0.1, 0.15) is 26.2 Å². The fraction of sp³-hybridized carbons (Fsp3) is 0.533. The van der Waals surface area contributed by atoms with E-state index in [9.17, 15) is 9.18 Å². The topological polar surface area (TPSA) is 32.3 Å². The molecule has 0 spiro atoms. The first-order valence-corrected chi connectivity index (χ1v) is 6.83. The number of nitrogens with one attached hydrogen (secondary N) is 1. The molecule has 1 amide bonds. The fourth-order valence-electron chi connectivity index (χ4n) is 2.88. The monoisotopic (exact) mass is 264 g/mol. The Balaban J connectivity index is 2.22. The molecule has 1 atom stereocenters. The molecule has 1 unspecified atom stereocenters. The third-order valence-corrected chi connectivity index (χ3v) is 3.93. The van der Waals surface area contributed by atoms with Crippen LogP contribution in [0.25, 0.3) is 0 Å². The molecule has 1 heterocycles. The molecule has 0 aliphatic carbocycles. The highest BCUT2D eigenvalue weighted by atomic mass is 19.1. The highest BCUT2D eigenvalue weighted by molar-refractivity contribution is 5.97. The zero-order valence-corrected chi connectivity index (χ0v) is 11.6. The lowest BCUT2D eigenvalue weighted by atomic mass is 9.81. The second-order valence-electron chi connectivity index (χ2n) is 5.30. The van der Waals surface area contributed by atoms with Gasteiger partial charge in [-0.2, -0.15) is 0 Å². The van der Waals surface area contributed by atoms with Gasteiger partial charge in [0, 0.05) is 19.3 Å². The Morgan fingerprint density at radius 1 is 1.53 bits per heavy atom. The van der Waals surface area contributed by atoms with Crippen LogP contribution in [-0.2, 0) is 4.79 Å². The molecule has 104 valence electrons. The molecule has 1 aliphatic heterocycles. The number of amides is 1. The normalized spacial score (nSPS) is 22.5. The third-order valence-electron chi connectivity index (χ3n) is 3.93. The molecule has 1 aliphatic rings. The van der Waals surface area contributed by atoms with E-state index in [1.165, 1.54) is 12.1 Å². The minimum Gasteiger partial charge on any atom is -0.316 e. The van der Waals surface area contributed by atoms with Crippen LogP contribution in [0.5, 0.6) is 0 Å². The van der Waals surface area contributed by atoms with Crippen LogP contribution in [0, 0.1) is 11.2 Å². The number of carbonyl (C=O) groups excluding carboxylic acids is 1. The summed E-state index contributed by atoms with van der Waals surface area (Å²) in [6.45, 7) is 3.69. The second kappa shape index (κ2) is 5.70. The zero-order valence-electron chi connectivity index (χ0n) is 11.6. The third kappa shape index (κ3) is 2.78. The molecule has 1 N–H and O–H groups in total. The number of carbonyl (C=O) groups is 1. The molecule has 0 saturated carbocycles. The maximum atomic E-state index is 13.3. The van der Waals surface area contributed by atoms with Crippen LogP contribution in [0.4, 0.5) is 10.1 Å². The summed E-state index contributed by atoms with van der Waals surface area (Å²) in [6.07, 6.45) is 2.71. The van der Waals surface area contributed by atoms with E-state index in [2.05, 4.69) is 12.2 Å². The zero-order chi connectivity index (χ0) is 13.9. The van der Waals surface area contributed by atoms with E-state index >= 15 is 0 Å². The van der Waals surface area contributed by atoms with Crippen LogP contribution in [0.2, 0.25) is 0 Å². The quantitative estimate of drug-likeness (QED) is 0.906. The van der Waals surface area contributed by atoms with Crippen LogP contribution in [-0.4, -0.2) is 26.0 Å². The molecule has 1 aromatic rings. The number of benzene rings is 1. The summed E-state index contributed by atoms with van der Waals surface area (Å²) in [7, 11) is 1.73. The predicted octanol–water partition coefficient (Wildman–Crippen LogP) is 2.57. The van der Waals surface area contributed by atoms with Crippen molar-refractivity contribution < 1.29 is 9.18 Å². The molecule has 0 bridgehead atoms. The van der Waals surface area contributed by atoms with Crippen LogP contribution in [0.3, 0.4) is 0 Å². The van der Waals surface area contributed by atoms with Crippen molar-refractivity contribution in [1.82, 2.24) is 5.32 Å². The Labute approximate surface area is 113 Å². The molecule has 1 saturated heterocycles. The molecule has 3 nitrogen and oxygen atoms in total. The molecule has 2 rings (SSSR count). The molecule has 1 fully saturated rings. The van der Waals surface area contributed by atoms with E-state index in [0.717, 1.165) is 32.4 Å². The lowest BCUT2D eigenvalue weighted by Crippen LogP contribution is -2.43. The highest BCUT2D eigenvalue weighted by Gasteiger charge is 2.42. The summed E-state index contributed by atoms with van der Waals surface area (Å²) in [5, 5.41) is 3.28. The van der Waals surface area contributed by atoms with Crippen molar-refractivity contribution in [3.63, 3.8) is 0 Å². The summed E-state index contributed by atoms with van der Waals surface area (Å²) < 4.78 is 13.3. The van der Waals surface area contributed by atoms with Gasteiger partial charge in [0.2, 0.25) is 5.91 Å². The smallest absolute Gasteiger partial charge is 0.234 e. The van der Waals surface area contributed by atoms with Crippen molar-refractivity contribution in [3.8, 4) is 0 Å². The fourth-order valence-corrected chi connectivity index (χ4v) is 2.88. The van der Waals surface area contributed by atoms with Crippen LogP contribution < -0.4 is 10.2 Å². The Hall–Kier alpha value is -1.42. The molecule has 0 radical (unpaired) electrons. The lowest BCUT2D eigenvalue weighted by Gasteiger charge is -2.31. The lowest BCUT2D eigenvalue weighted by molar-refractivity contribution is -0.127. The first-order chi connectivity index (χ1) is 9.09. The number of anilines is 1. The van der Waals surface area contributed by atoms with E-state index in [0.29, 0.717) is 5.69 Å². The Bertz CT molecular complexity index is 455. The Morgan fingerprint density at radius 2 is 2.32 bits per heavy atom. The number of halogens is 1. The van der Waals surface area contributed by atoms with Crippen molar-refractivity contribution in [3.05, 3.63) is 30.1 Å². The van der Waals surface area contributed by atoms with E-state index in [-0.39, 0.29) is 17.1 Å². The van der Waals surface area contributed by atoms with E-state index in [4.69, 9.17) is 0 Å². The minimum atomic E-state index is -0.324. The summed E-state index contributed by atoms with van der Waals surface area (Å²) in [5.74, 6) is -0.226. The van der Waals surface area contributed by atoms with Gasteiger partial charge in [-0.1, -0.05) is 19.4 Å². The average Bonchev–Trinajstić information content (AvgIpc) is 2.87. The van der Waals surface area contributed by atoms with Gasteiger partial charge in [-0.25, -0.2) is 4.39 Å². The molecule has 0 aromatic heterocycles. The number of hydrogen-bond donors (Lipinski definition) is 1. The van der Waals surface area contributed by atoms with Gasteiger partial charge in [-0.3, -0.25) is 4.79 Å². The standard InChI is InChI=1S/C15H21FN2O/c1-3-7-15(8-9-17-11-15)14(19)18(2)13-6-4-5-12(16)10-13/h4-6,10,17H,3,7-9,11H2,1-2H3. The number of rotatable bonds is 4. The Morgan fingerprint density at radius 3 is 2.89 bits per heavy atom. The van der Waals surface area contributed by atoms with E-state index in [1.54, 1.807) is 24.1 Å². The van der Waals surface area contributed by atoms with Crippen molar-refractivity contribution >= 4 is 11.6 Å². The van der Waals surface area contributed by atoms with Gasteiger partial charge in [0.25, 0.3) is 0 Å². The SMILES string of the molecule is CCCC1(C(=O)N(C)c2cccc(F)c2)CCNC1. The summed E-state index contributed by atoms with van der Waals surface area (Å²) in [6, 6.07) is 6.19. The van der Waals surface area contributed by atoms with Crippen LogP contribution >= 0.6 is 0 Å². The van der Waals surface area contributed by atoms with Crippen molar-refractivity contribution in [1.29, 1.82) is 0 Å². The van der Waals surface area contributed by atoms with Crippen molar-refractivity contribution in [2.24, 2.45) is 5.41 Å². The molecule has 19 heavy (non-hydrogen) atoms. The van der Waals surface area contributed by atoms with Gasteiger partial charge in [0.15, 0.2) is 0 Å². The molecular weight excluding hydrogens is 243 g/mol. The molecule has 4 heteroatoms. The Kier molecular flexibility index (Phi) is 4.20. The average molecular weight is 264 g/mol.